The smallest absolute Gasteiger partial charge is 0.316 e. The van der Waals surface area contributed by atoms with E-state index in [1.165, 1.54) is 0 Å². The third-order valence-electron chi connectivity index (χ3n) is 3.08. The molecule has 2 aromatic carbocycles. The molecule has 0 heterocycles. The molecule has 0 unspecified atom stereocenters. The second-order valence-corrected chi connectivity index (χ2v) is 4.41. The van der Waals surface area contributed by atoms with Gasteiger partial charge < -0.3 is 15.5 Å². The van der Waals surface area contributed by atoms with Gasteiger partial charge in [0.05, 0.1) is 12.0 Å². The number of nitrogen functional groups attached to an aromatic ring is 1. The minimum atomic E-state index is -0.476. The van der Waals surface area contributed by atoms with Crippen LogP contribution in [0.25, 0.3) is 0 Å². The van der Waals surface area contributed by atoms with Crippen molar-refractivity contribution in [1.29, 1.82) is 0 Å². The summed E-state index contributed by atoms with van der Waals surface area (Å²) in [6, 6.07) is 10.3. The fourth-order valence-corrected chi connectivity index (χ4v) is 2.01. The first-order valence-electron chi connectivity index (χ1n) is 6.22. The zero-order valence-electron chi connectivity index (χ0n) is 11.7. The molecular formula is C14H16N4O3. The lowest BCUT2D eigenvalue weighted by atomic mass is 10.1. The molecule has 110 valence electrons. The number of hydrogen-bond acceptors (Lipinski definition) is 6. The van der Waals surface area contributed by atoms with E-state index in [1.807, 2.05) is 13.0 Å². The molecule has 0 spiro atoms. The van der Waals surface area contributed by atoms with Crippen LogP contribution in [0, 0.1) is 17.0 Å². The van der Waals surface area contributed by atoms with Crippen molar-refractivity contribution in [3.05, 3.63) is 52.1 Å². The van der Waals surface area contributed by atoms with E-state index in [1.54, 1.807) is 37.4 Å². The third kappa shape index (κ3) is 3.03. The van der Waals surface area contributed by atoms with E-state index in [0.29, 0.717) is 5.69 Å². The van der Waals surface area contributed by atoms with Crippen molar-refractivity contribution < 1.29 is 9.66 Å². The fraction of sp³-hybridized carbons (Fsp3) is 0.143. The van der Waals surface area contributed by atoms with Crippen molar-refractivity contribution in [2.45, 2.75) is 6.92 Å². The number of nitrogens with one attached hydrogen (secondary N) is 2. The lowest BCUT2D eigenvalue weighted by molar-refractivity contribution is -0.383. The van der Waals surface area contributed by atoms with Crippen LogP contribution in [0.15, 0.2) is 36.4 Å². The number of nitro benzene ring substituents is 1. The molecule has 0 aromatic heterocycles. The standard InChI is InChI=1S/C14H16N4O3/c1-9-8-10(21-2)6-7-11(9)16-12-4-3-5-13(17-15)14(12)18(19)20/h3-8,16-17H,15H2,1-2H3. The van der Waals surface area contributed by atoms with Gasteiger partial charge in [-0.3, -0.25) is 16.0 Å². The van der Waals surface area contributed by atoms with E-state index in [4.69, 9.17) is 10.6 Å². The first-order valence-corrected chi connectivity index (χ1v) is 6.22. The van der Waals surface area contributed by atoms with Gasteiger partial charge in [-0.15, -0.1) is 0 Å². The topological polar surface area (TPSA) is 102 Å². The molecule has 0 fully saturated rings. The number of benzene rings is 2. The Labute approximate surface area is 121 Å². The maximum Gasteiger partial charge on any atom is 0.316 e. The van der Waals surface area contributed by atoms with Crippen molar-refractivity contribution >= 4 is 22.7 Å². The SMILES string of the molecule is COc1ccc(Nc2cccc(NN)c2[N+](=O)[O-])c(C)c1. The summed E-state index contributed by atoms with van der Waals surface area (Å²) in [6.45, 7) is 1.89. The van der Waals surface area contributed by atoms with Gasteiger partial charge in [0.15, 0.2) is 0 Å². The molecule has 7 nitrogen and oxygen atoms in total. The maximum atomic E-state index is 11.2. The molecule has 0 aliphatic rings. The molecule has 0 atom stereocenters. The molecule has 0 saturated heterocycles. The number of nitrogens with two attached hydrogens (primary N) is 1. The summed E-state index contributed by atoms with van der Waals surface area (Å²) in [6.07, 6.45) is 0. The van der Waals surface area contributed by atoms with Crippen LogP contribution in [0.3, 0.4) is 0 Å². The summed E-state index contributed by atoms with van der Waals surface area (Å²) in [5.41, 5.74) is 4.51. The van der Waals surface area contributed by atoms with Crippen LogP contribution in [0.4, 0.5) is 22.7 Å². The van der Waals surface area contributed by atoms with E-state index in [-0.39, 0.29) is 11.4 Å². The lowest BCUT2D eigenvalue weighted by Crippen LogP contribution is -2.10. The van der Waals surface area contributed by atoms with Crippen LogP contribution < -0.4 is 21.3 Å². The van der Waals surface area contributed by atoms with Crippen molar-refractivity contribution in [1.82, 2.24) is 0 Å². The third-order valence-corrected chi connectivity index (χ3v) is 3.08. The quantitative estimate of drug-likeness (QED) is 0.444. The molecule has 2 rings (SSSR count). The maximum absolute atomic E-state index is 11.2. The average Bonchev–Trinajstić information content (AvgIpc) is 2.48. The highest BCUT2D eigenvalue weighted by Gasteiger charge is 2.19. The van der Waals surface area contributed by atoms with Crippen molar-refractivity contribution in [3.8, 4) is 5.75 Å². The minimum absolute atomic E-state index is 0.102. The zero-order chi connectivity index (χ0) is 15.4. The average molecular weight is 288 g/mol. The highest BCUT2D eigenvalue weighted by molar-refractivity contribution is 5.80. The number of hydrazine groups is 1. The molecule has 0 aliphatic heterocycles. The summed E-state index contributed by atoms with van der Waals surface area (Å²) in [5, 5.41) is 14.3. The van der Waals surface area contributed by atoms with Crippen LogP contribution in [-0.4, -0.2) is 12.0 Å². The van der Waals surface area contributed by atoms with E-state index < -0.39 is 4.92 Å². The van der Waals surface area contributed by atoms with Gasteiger partial charge in [-0.2, -0.15) is 0 Å². The molecule has 4 N–H and O–H groups in total. The van der Waals surface area contributed by atoms with Gasteiger partial charge in [0.1, 0.15) is 17.1 Å². The van der Waals surface area contributed by atoms with Gasteiger partial charge in [-0.05, 0) is 42.8 Å². The lowest BCUT2D eigenvalue weighted by Gasteiger charge is -2.12. The van der Waals surface area contributed by atoms with Crippen LogP contribution in [0.2, 0.25) is 0 Å². The van der Waals surface area contributed by atoms with Crippen LogP contribution in [0.5, 0.6) is 5.75 Å². The number of aryl methyl sites for hydroxylation is 1. The van der Waals surface area contributed by atoms with E-state index >= 15 is 0 Å². The predicted octanol–water partition coefficient (Wildman–Crippen LogP) is 2.94. The highest BCUT2D eigenvalue weighted by atomic mass is 16.6. The molecule has 0 aliphatic carbocycles. The van der Waals surface area contributed by atoms with Gasteiger partial charge in [0.2, 0.25) is 0 Å². The van der Waals surface area contributed by atoms with E-state index in [9.17, 15) is 10.1 Å². The number of ether oxygens (including phenoxy) is 1. The first kappa shape index (κ1) is 14.6. The summed E-state index contributed by atoms with van der Waals surface area (Å²) >= 11 is 0. The van der Waals surface area contributed by atoms with Crippen molar-refractivity contribution in [2.24, 2.45) is 5.84 Å². The number of nitrogens with zero attached hydrogens (tertiary/aromatic N) is 1. The van der Waals surface area contributed by atoms with Gasteiger partial charge in [-0.1, -0.05) is 6.07 Å². The molecule has 0 radical (unpaired) electrons. The van der Waals surface area contributed by atoms with Gasteiger partial charge >= 0.3 is 5.69 Å². The Balaban J connectivity index is 2.42. The normalized spacial score (nSPS) is 10.0. The predicted molar refractivity (Wildman–Crippen MR) is 81.9 cm³/mol. The first-order chi connectivity index (χ1) is 10.1. The van der Waals surface area contributed by atoms with E-state index in [2.05, 4.69) is 10.7 Å². The number of para-hydroxylation sites is 1. The Morgan fingerprint density at radius 2 is 1.90 bits per heavy atom. The van der Waals surface area contributed by atoms with Gasteiger partial charge in [0, 0.05) is 5.69 Å². The Bertz CT molecular complexity index is 673. The monoisotopic (exact) mass is 288 g/mol. The largest absolute Gasteiger partial charge is 0.497 e. The highest BCUT2D eigenvalue weighted by Crippen LogP contribution is 2.35. The summed E-state index contributed by atoms with van der Waals surface area (Å²) < 4.78 is 5.14. The number of methoxy groups -OCH3 is 1. The molecule has 7 heteroatoms. The summed E-state index contributed by atoms with van der Waals surface area (Å²) in [5.74, 6) is 6.05. The minimum Gasteiger partial charge on any atom is -0.497 e. The van der Waals surface area contributed by atoms with Crippen LogP contribution >= 0.6 is 0 Å². The van der Waals surface area contributed by atoms with Crippen LogP contribution in [0.1, 0.15) is 5.56 Å². The second kappa shape index (κ2) is 6.10. The number of hydrogen-bond donors (Lipinski definition) is 3. The Hall–Kier alpha value is -2.80. The number of nitro groups is 1. The molecular weight excluding hydrogens is 272 g/mol. The Kier molecular flexibility index (Phi) is 4.24. The fourth-order valence-electron chi connectivity index (χ4n) is 2.01. The number of rotatable bonds is 5. The molecule has 2 aromatic rings. The van der Waals surface area contributed by atoms with Gasteiger partial charge in [0.25, 0.3) is 0 Å². The van der Waals surface area contributed by atoms with Gasteiger partial charge in [-0.25, -0.2) is 0 Å². The Morgan fingerprint density at radius 1 is 1.19 bits per heavy atom. The van der Waals surface area contributed by atoms with E-state index in [0.717, 1.165) is 17.0 Å². The summed E-state index contributed by atoms with van der Waals surface area (Å²) in [4.78, 5) is 10.8. The molecule has 0 bridgehead atoms. The van der Waals surface area contributed by atoms with Crippen LogP contribution in [-0.2, 0) is 0 Å². The molecule has 21 heavy (non-hydrogen) atoms. The molecule has 0 amide bonds. The van der Waals surface area contributed by atoms with Crippen molar-refractivity contribution in [2.75, 3.05) is 17.9 Å². The number of anilines is 3. The second-order valence-electron chi connectivity index (χ2n) is 4.41. The molecule has 0 saturated carbocycles. The zero-order valence-corrected chi connectivity index (χ0v) is 11.7. The Morgan fingerprint density at radius 3 is 2.48 bits per heavy atom. The van der Waals surface area contributed by atoms with Crippen molar-refractivity contribution in [3.63, 3.8) is 0 Å². The summed E-state index contributed by atoms with van der Waals surface area (Å²) in [7, 11) is 1.59.